The molecular formula is C16H12BrFN2. The molecule has 100 valence electrons. The normalized spacial score (nSPS) is 17.3. The second kappa shape index (κ2) is 5.67. The van der Waals surface area contributed by atoms with Gasteiger partial charge in [0.25, 0.3) is 0 Å². The number of nitrogens with zero attached hydrogens (tertiary/aromatic N) is 2. The van der Waals surface area contributed by atoms with Crippen molar-refractivity contribution in [1.29, 1.82) is 0 Å². The van der Waals surface area contributed by atoms with E-state index in [9.17, 15) is 4.39 Å². The van der Waals surface area contributed by atoms with E-state index in [1.807, 2.05) is 24.4 Å². The van der Waals surface area contributed by atoms with Crippen LogP contribution in [0, 0.1) is 5.82 Å². The van der Waals surface area contributed by atoms with E-state index in [0.29, 0.717) is 5.84 Å². The zero-order valence-corrected chi connectivity index (χ0v) is 12.2. The van der Waals surface area contributed by atoms with Gasteiger partial charge in [-0.05, 0) is 36.2 Å². The van der Waals surface area contributed by atoms with Gasteiger partial charge in [0.05, 0.1) is 6.04 Å². The summed E-state index contributed by atoms with van der Waals surface area (Å²) >= 11 is 3.42. The molecule has 0 N–H and O–H groups in total. The van der Waals surface area contributed by atoms with Crippen molar-refractivity contribution in [2.24, 2.45) is 9.98 Å². The number of aliphatic imine (C=N–C) groups is 2. The smallest absolute Gasteiger partial charge is 0.155 e. The third-order valence-corrected chi connectivity index (χ3v) is 3.63. The Hall–Kier alpha value is -1.81. The van der Waals surface area contributed by atoms with Crippen molar-refractivity contribution in [3.8, 4) is 0 Å². The highest BCUT2D eigenvalue weighted by molar-refractivity contribution is 9.10. The van der Waals surface area contributed by atoms with Crippen molar-refractivity contribution in [2.45, 2.75) is 12.5 Å². The first-order valence-corrected chi connectivity index (χ1v) is 7.12. The van der Waals surface area contributed by atoms with Crippen LogP contribution in [0.4, 0.5) is 4.39 Å². The van der Waals surface area contributed by atoms with Gasteiger partial charge in [0.1, 0.15) is 5.82 Å². The van der Waals surface area contributed by atoms with Gasteiger partial charge in [-0.1, -0.05) is 40.2 Å². The predicted molar refractivity (Wildman–Crippen MR) is 83.1 cm³/mol. The molecule has 0 amide bonds. The Kier molecular flexibility index (Phi) is 3.74. The fourth-order valence-electron chi connectivity index (χ4n) is 2.12. The minimum absolute atomic E-state index is 0.0226. The summed E-state index contributed by atoms with van der Waals surface area (Å²) in [6.07, 6.45) is 2.62. The average Bonchev–Trinajstić information content (AvgIpc) is 2.90. The Morgan fingerprint density at radius 1 is 1.10 bits per heavy atom. The highest BCUT2D eigenvalue weighted by Gasteiger charge is 2.14. The maximum Gasteiger partial charge on any atom is 0.155 e. The van der Waals surface area contributed by atoms with Gasteiger partial charge in [0, 0.05) is 16.3 Å². The standard InChI is InChI=1S/C16H12BrFN2/c17-13-6-4-11(5-7-13)8-15-10-19-16(20-15)12-2-1-3-14(18)9-12/h1-7,9-10,15H,8H2. The minimum atomic E-state index is -0.267. The molecular weight excluding hydrogens is 319 g/mol. The summed E-state index contributed by atoms with van der Waals surface area (Å²) in [4.78, 5) is 8.82. The van der Waals surface area contributed by atoms with Crippen LogP contribution < -0.4 is 0 Å². The molecule has 0 bridgehead atoms. The Labute approximate surface area is 125 Å². The van der Waals surface area contributed by atoms with E-state index in [0.717, 1.165) is 16.5 Å². The van der Waals surface area contributed by atoms with Crippen LogP contribution in [0.2, 0.25) is 0 Å². The lowest BCUT2D eigenvalue weighted by atomic mass is 10.1. The van der Waals surface area contributed by atoms with Crippen LogP contribution in [0.25, 0.3) is 0 Å². The first kappa shape index (κ1) is 13.2. The SMILES string of the molecule is Fc1cccc(C2=NC(Cc3ccc(Br)cc3)C=N2)c1. The molecule has 20 heavy (non-hydrogen) atoms. The van der Waals surface area contributed by atoms with Crippen LogP contribution in [0.5, 0.6) is 0 Å². The van der Waals surface area contributed by atoms with E-state index in [-0.39, 0.29) is 11.9 Å². The summed E-state index contributed by atoms with van der Waals surface area (Å²) in [5.74, 6) is 0.336. The molecule has 1 atom stereocenters. The molecule has 1 aliphatic rings. The molecule has 1 aliphatic heterocycles. The molecule has 2 aromatic rings. The zero-order chi connectivity index (χ0) is 13.9. The van der Waals surface area contributed by atoms with Crippen LogP contribution in [-0.4, -0.2) is 18.1 Å². The number of hydrogen-bond donors (Lipinski definition) is 0. The average molecular weight is 331 g/mol. The molecule has 2 aromatic carbocycles. The molecule has 3 rings (SSSR count). The Morgan fingerprint density at radius 3 is 2.65 bits per heavy atom. The Morgan fingerprint density at radius 2 is 1.90 bits per heavy atom. The summed E-state index contributed by atoms with van der Waals surface area (Å²) in [6.45, 7) is 0. The van der Waals surface area contributed by atoms with Gasteiger partial charge in [-0.3, -0.25) is 4.99 Å². The molecule has 4 heteroatoms. The summed E-state index contributed by atoms with van der Waals surface area (Å²) in [6, 6.07) is 14.5. The van der Waals surface area contributed by atoms with E-state index in [1.54, 1.807) is 6.07 Å². The first-order chi connectivity index (χ1) is 9.70. The van der Waals surface area contributed by atoms with Crippen molar-refractivity contribution in [3.63, 3.8) is 0 Å². The molecule has 0 aliphatic carbocycles. The summed E-state index contributed by atoms with van der Waals surface area (Å²) in [7, 11) is 0. The lowest BCUT2D eigenvalue weighted by molar-refractivity contribution is 0.627. The Balaban J connectivity index is 1.75. The van der Waals surface area contributed by atoms with Crippen LogP contribution in [0.15, 0.2) is 63.0 Å². The van der Waals surface area contributed by atoms with Crippen LogP contribution in [0.3, 0.4) is 0 Å². The maximum absolute atomic E-state index is 13.2. The Bertz CT molecular complexity index is 677. The van der Waals surface area contributed by atoms with Gasteiger partial charge in [-0.25, -0.2) is 9.38 Å². The predicted octanol–water partition coefficient (Wildman–Crippen LogP) is 4.03. The lowest BCUT2D eigenvalue weighted by Crippen LogP contribution is -2.07. The van der Waals surface area contributed by atoms with Gasteiger partial charge >= 0.3 is 0 Å². The van der Waals surface area contributed by atoms with Crippen LogP contribution in [-0.2, 0) is 6.42 Å². The second-order valence-electron chi connectivity index (χ2n) is 4.64. The van der Waals surface area contributed by atoms with Crippen molar-refractivity contribution in [3.05, 3.63) is 69.9 Å². The maximum atomic E-state index is 13.2. The second-order valence-corrected chi connectivity index (χ2v) is 5.55. The monoisotopic (exact) mass is 330 g/mol. The summed E-state index contributed by atoms with van der Waals surface area (Å²) in [5.41, 5.74) is 1.92. The minimum Gasteiger partial charge on any atom is -0.257 e. The molecule has 0 fully saturated rings. The van der Waals surface area contributed by atoms with Gasteiger partial charge in [-0.15, -0.1) is 0 Å². The molecule has 0 saturated carbocycles. The number of rotatable bonds is 3. The van der Waals surface area contributed by atoms with Crippen molar-refractivity contribution < 1.29 is 4.39 Å². The number of hydrogen-bond acceptors (Lipinski definition) is 2. The van der Waals surface area contributed by atoms with E-state index < -0.39 is 0 Å². The van der Waals surface area contributed by atoms with Gasteiger partial charge in [0.15, 0.2) is 5.84 Å². The zero-order valence-electron chi connectivity index (χ0n) is 10.6. The van der Waals surface area contributed by atoms with Crippen molar-refractivity contribution in [1.82, 2.24) is 0 Å². The number of halogens is 2. The first-order valence-electron chi connectivity index (χ1n) is 6.33. The molecule has 1 heterocycles. The topological polar surface area (TPSA) is 24.7 Å². The summed E-state index contributed by atoms with van der Waals surface area (Å²) in [5, 5.41) is 0. The van der Waals surface area contributed by atoms with Gasteiger partial charge in [-0.2, -0.15) is 0 Å². The lowest BCUT2D eigenvalue weighted by Gasteiger charge is -2.04. The fourth-order valence-corrected chi connectivity index (χ4v) is 2.38. The molecule has 0 spiro atoms. The number of amidine groups is 1. The van der Waals surface area contributed by atoms with E-state index in [1.165, 1.54) is 17.7 Å². The van der Waals surface area contributed by atoms with Crippen LogP contribution in [0.1, 0.15) is 11.1 Å². The summed E-state index contributed by atoms with van der Waals surface area (Å²) < 4.78 is 14.3. The molecule has 1 unspecified atom stereocenters. The molecule has 0 aromatic heterocycles. The van der Waals surface area contributed by atoms with Gasteiger partial charge in [0.2, 0.25) is 0 Å². The largest absolute Gasteiger partial charge is 0.257 e. The third kappa shape index (κ3) is 3.02. The van der Waals surface area contributed by atoms with Crippen molar-refractivity contribution >= 4 is 28.0 Å². The van der Waals surface area contributed by atoms with E-state index in [2.05, 4.69) is 38.0 Å². The number of benzene rings is 2. The fraction of sp³-hybridized carbons (Fsp3) is 0.125. The molecule has 0 saturated heterocycles. The van der Waals surface area contributed by atoms with Gasteiger partial charge < -0.3 is 0 Å². The van der Waals surface area contributed by atoms with E-state index in [4.69, 9.17) is 0 Å². The van der Waals surface area contributed by atoms with E-state index >= 15 is 0 Å². The van der Waals surface area contributed by atoms with Crippen LogP contribution >= 0.6 is 15.9 Å². The third-order valence-electron chi connectivity index (χ3n) is 3.10. The quantitative estimate of drug-likeness (QED) is 0.811. The van der Waals surface area contributed by atoms with Crippen molar-refractivity contribution in [2.75, 3.05) is 0 Å². The highest BCUT2D eigenvalue weighted by atomic mass is 79.9. The molecule has 0 radical (unpaired) electrons. The molecule has 2 nitrogen and oxygen atoms in total. The highest BCUT2D eigenvalue weighted by Crippen LogP contribution is 2.16.